The van der Waals surface area contributed by atoms with Gasteiger partial charge in [0.25, 0.3) is 0 Å². The summed E-state index contributed by atoms with van der Waals surface area (Å²) in [5, 5.41) is 13.4. The average Bonchev–Trinajstić information content (AvgIpc) is 2.42. The minimum atomic E-state index is -0.204. The van der Waals surface area contributed by atoms with Crippen LogP contribution in [0.3, 0.4) is 0 Å². The molecule has 2 N–H and O–H groups in total. The second kappa shape index (κ2) is 5.41. The summed E-state index contributed by atoms with van der Waals surface area (Å²) in [7, 11) is 1.68. The van der Waals surface area contributed by atoms with Crippen molar-refractivity contribution in [2.75, 3.05) is 19.0 Å². The summed E-state index contributed by atoms with van der Waals surface area (Å²) in [6.45, 7) is 4.77. The van der Waals surface area contributed by atoms with Gasteiger partial charge < -0.3 is 15.2 Å². The molecule has 0 amide bonds. The quantitative estimate of drug-likeness (QED) is 0.874. The minimum absolute atomic E-state index is 0.168. The molecule has 0 spiro atoms. The van der Waals surface area contributed by atoms with E-state index < -0.39 is 0 Å². The number of aliphatic hydroxyl groups is 1. The van der Waals surface area contributed by atoms with Crippen LogP contribution >= 0.6 is 0 Å². The summed E-state index contributed by atoms with van der Waals surface area (Å²) in [6.07, 6.45) is 4.26. The molecule has 0 bridgehead atoms. The van der Waals surface area contributed by atoms with Gasteiger partial charge in [-0.05, 0) is 43.2 Å². The zero-order valence-corrected chi connectivity index (χ0v) is 12.2. The van der Waals surface area contributed by atoms with E-state index in [2.05, 4.69) is 19.2 Å². The third-order valence-electron chi connectivity index (χ3n) is 4.37. The van der Waals surface area contributed by atoms with Gasteiger partial charge in [-0.1, -0.05) is 26.0 Å². The van der Waals surface area contributed by atoms with Crippen LogP contribution in [0.5, 0.6) is 5.75 Å². The molecule has 3 heteroatoms. The average molecular weight is 263 g/mol. The SMILES string of the molecule is COc1ccccc1NC1(CO)CCC(C)(C)CC1. The molecule has 1 aliphatic rings. The predicted molar refractivity (Wildman–Crippen MR) is 78.7 cm³/mol. The molecule has 0 heterocycles. The zero-order valence-electron chi connectivity index (χ0n) is 12.2. The van der Waals surface area contributed by atoms with Crippen LogP contribution in [-0.4, -0.2) is 24.4 Å². The monoisotopic (exact) mass is 263 g/mol. The normalized spacial score (nSPS) is 20.8. The van der Waals surface area contributed by atoms with Gasteiger partial charge in [-0.25, -0.2) is 0 Å². The molecule has 3 nitrogen and oxygen atoms in total. The lowest BCUT2D eigenvalue weighted by Crippen LogP contribution is -2.46. The molecule has 0 saturated heterocycles. The van der Waals surface area contributed by atoms with E-state index in [1.54, 1.807) is 7.11 Å². The van der Waals surface area contributed by atoms with Gasteiger partial charge in [-0.2, -0.15) is 0 Å². The Balaban J connectivity index is 2.15. The molecule has 0 radical (unpaired) electrons. The number of rotatable bonds is 4. The number of para-hydroxylation sites is 2. The molecule has 2 rings (SSSR count). The van der Waals surface area contributed by atoms with Crippen LogP contribution in [0.4, 0.5) is 5.69 Å². The number of nitrogens with one attached hydrogen (secondary N) is 1. The first-order valence-electron chi connectivity index (χ1n) is 7.02. The van der Waals surface area contributed by atoms with E-state index in [1.165, 1.54) is 0 Å². The number of ether oxygens (including phenoxy) is 1. The Morgan fingerprint density at radius 1 is 1.16 bits per heavy atom. The van der Waals surface area contributed by atoms with Crippen molar-refractivity contribution in [1.29, 1.82) is 0 Å². The first-order chi connectivity index (χ1) is 9.00. The van der Waals surface area contributed by atoms with Gasteiger partial charge in [-0.15, -0.1) is 0 Å². The van der Waals surface area contributed by atoms with Gasteiger partial charge in [0.05, 0.1) is 24.9 Å². The van der Waals surface area contributed by atoms with Crippen molar-refractivity contribution >= 4 is 5.69 Å². The molecule has 0 atom stereocenters. The van der Waals surface area contributed by atoms with Crippen molar-refractivity contribution in [2.45, 2.75) is 45.1 Å². The van der Waals surface area contributed by atoms with E-state index in [-0.39, 0.29) is 12.1 Å². The van der Waals surface area contributed by atoms with Gasteiger partial charge in [0.15, 0.2) is 0 Å². The number of hydrogen-bond donors (Lipinski definition) is 2. The highest BCUT2D eigenvalue weighted by atomic mass is 16.5. The molecule has 106 valence electrons. The van der Waals surface area contributed by atoms with Crippen molar-refractivity contribution in [1.82, 2.24) is 0 Å². The van der Waals surface area contributed by atoms with Crippen molar-refractivity contribution < 1.29 is 9.84 Å². The molecule has 19 heavy (non-hydrogen) atoms. The highest BCUT2D eigenvalue weighted by Crippen LogP contribution is 2.42. The third kappa shape index (κ3) is 3.21. The van der Waals surface area contributed by atoms with Crippen LogP contribution in [-0.2, 0) is 0 Å². The van der Waals surface area contributed by atoms with E-state index in [0.717, 1.165) is 37.1 Å². The molecular formula is C16H25NO2. The van der Waals surface area contributed by atoms with E-state index in [1.807, 2.05) is 24.3 Å². The highest BCUT2D eigenvalue weighted by Gasteiger charge is 2.38. The fourth-order valence-electron chi connectivity index (χ4n) is 2.76. The Labute approximate surface area is 116 Å². The molecular weight excluding hydrogens is 238 g/mol. The Kier molecular flexibility index (Phi) is 4.04. The molecule has 1 aliphatic carbocycles. The molecule has 0 aliphatic heterocycles. The summed E-state index contributed by atoms with van der Waals surface area (Å²) in [5.74, 6) is 0.833. The highest BCUT2D eigenvalue weighted by molar-refractivity contribution is 5.57. The summed E-state index contributed by atoms with van der Waals surface area (Å²) in [5.41, 5.74) is 1.16. The van der Waals surface area contributed by atoms with Crippen LogP contribution in [0.15, 0.2) is 24.3 Å². The van der Waals surface area contributed by atoms with E-state index in [9.17, 15) is 5.11 Å². The van der Waals surface area contributed by atoms with Crippen molar-refractivity contribution in [3.63, 3.8) is 0 Å². The van der Waals surface area contributed by atoms with Crippen LogP contribution in [0, 0.1) is 5.41 Å². The Bertz CT molecular complexity index is 419. The van der Waals surface area contributed by atoms with E-state index >= 15 is 0 Å². The van der Waals surface area contributed by atoms with Crippen molar-refractivity contribution in [3.8, 4) is 5.75 Å². The van der Waals surface area contributed by atoms with Crippen LogP contribution in [0.1, 0.15) is 39.5 Å². The lowest BCUT2D eigenvalue weighted by molar-refractivity contribution is 0.118. The van der Waals surface area contributed by atoms with Gasteiger partial charge >= 0.3 is 0 Å². The lowest BCUT2D eigenvalue weighted by atomic mass is 9.69. The predicted octanol–water partition coefficient (Wildman–Crippen LogP) is 3.44. The summed E-state index contributed by atoms with van der Waals surface area (Å²) in [4.78, 5) is 0. The van der Waals surface area contributed by atoms with E-state index in [0.29, 0.717) is 5.41 Å². The topological polar surface area (TPSA) is 41.5 Å². The largest absolute Gasteiger partial charge is 0.495 e. The minimum Gasteiger partial charge on any atom is -0.495 e. The molecule has 1 aromatic rings. The lowest BCUT2D eigenvalue weighted by Gasteiger charge is -2.43. The number of methoxy groups -OCH3 is 1. The Morgan fingerprint density at radius 3 is 2.37 bits per heavy atom. The number of benzene rings is 1. The molecule has 1 aromatic carbocycles. The molecule has 1 fully saturated rings. The van der Waals surface area contributed by atoms with Gasteiger partial charge in [0.1, 0.15) is 5.75 Å². The zero-order chi connectivity index (χ0) is 13.9. The maximum Gasteiger partial charge on any atom is 0.141 e. The second-order valence-electron chi connectivity index (χ2n) is 6.43. The first kappa shape index (κ1) is 14.2. The molecule has 1 saturated carbocycles. The van der Waals surface area contributed by atoms with Gasteiger partial charge in [-0.3, -0.25) is 0 Å². The Hall–Kier alpha value is -1.22. The van der Waals surface area contributed by atoms with Crippen molar-refractivity contribution in [2.24, 2.45) is 5.41 Å². The summed E-state index contributed by atoms with van der Waals surface area (Å²) in [6, 6.07) is 7.90. The summed E-state index contributed by atoms with van der Waals surface area (Å²) >= 11 is 0. The first-order valence-corrected chi connectivity index (χ1v) is 7.02. The van der Waals surface area contributed by atoms with Crippen LogP contribution in [0.25, 0.3) is 0 Å². The number of hydrogen-bond acceptors (Lipinski definition) is 3. The maximum atomic E-state index is 9.83. The van der Waals surface area contributed by atoms with Gasteiger partial charge in [0.2, 0.25) is 0 Å². The molecule has 0 unspecified atom stereocenters. The van der Waals surface area contributed by atoms with E-state index in [4.69, 9.17) is 4.74 Å². The van der Waals surface area contributed by atoms with Crippen LogP contribution in [0.2, 0.25) is 0 Å². The fraction of sp³-hybridized carbons (Fsp3) is 0.625. The smallest absolute Gasteiger partial charge is 0.141 e. The van der Waals surface area contributed by atoms with Gasteiger partial charge in [0, 0.05) is 0 Å². The maximum absolute atomic E-state index is 9.83. The fourth-order valence-corrected chi connectivity index (χ4v) is 2.76. The van der Waals surface area contributed by atoms with Crippen molar-refractivity contribution in [3.05, 3.63) is 24.3 Å². The Morgan fingerprint density at radius 2 is 1.79 bits per heavy atom. The summed E-state index contributed by atoms with van der Waals surface area (Å²) < 4.78 is 5.37. The van der Waals surface area contributed by atoms with Crippen LogP contribution < -0.4 is 10.1 Å². The third-order valence-corrected chi connectivity index (χ3v) is 4.37. The second-order valence-corrected chi connectivity index (χ2v) is 6.43. The number of aliphatic hydroxyl groups excluding tert-OH is 1. The standard InChI is InChI=1S/C16H25NO2/c1-15(2)8-10-16(12-18,11-9-15)17-13-6-4-5-7-14(13)19-3/h4-7,17-18H,8-12H2,1-3H3. The molecule has 0 aromatic heterocycles. The number of anilines is 1.